The Kier molecular flexibility index (Phi) is 4.81. The number of nitrogens with one attached hydrogen (secondary N) is 1. The molecular weight excluding hydrogens is 403 g/mol. The fourth-order valence-electron chi connectivity index (χ4n) is 4.54. The lowest BCUT2D eigenvalue weighted by Gasteiger charge is -2.46. The number of aryl methyl sites for hydroxylation is 1. The largest absolute Gasteiger partial charge is 0.378 e. The SMILES string of the molecule is CN1C(=O)C(C)(C)C(C)(c2cc(NC3CCc4cccc(Cl)c43)ccc2F)N=C1N. The number of halogens is 2. The van der Waals surface area contributed by atoms with Crippen LogP contribution in [-0.4, -0.2) is 23.8 Å². The average Bonchev–Trinajstić information content (AvgIpc) is 3.11. The summed E-state index contributed by atoms with van der Waals surface area (Å²) >= 11 is 6.44. The summed E-state index contributed by atoms with van der Waals surface area (Å²) < 4.78 is 15.0. The number of amides is 1. The molecule has 2 aliphatic rings. The zero-order valence-corrected chi connectivity index (χ0v) is 18.3. The summed E-state index contributed by atoms with van der Waals surface area (Å²) in [4.78, 5) is 18.8. The van der Waals surface area contributed by atoms with Gasteiger partial charge in [0.05, 0.1) is 11.5 Å². The first kappa shape index (κ1) is 20.7. The lowest BCUT2D eigenvalue weighted by Crippen LogP contribution is -2.58. The molecule has 30 heavy (non-hydrogen) atoms. The Morgan fingerprint density at radius 3 is 2.73 bits per heavy atom. The van der Waals surface area contributed by atoms with Gasteiger partial charge in [-0.2, -0.15) is 0 Å². The van der Waals surface area contributed by atoms with E-state index in [9.17, 15) is 4.79 Å². The van der Waals surface area contributed by atoms with Gasteiger partial charge in [0, 0.05) is 23.3 Å². The molecule has 7 heteroatoms. The minimum absolute atomic E-state index is 0.0421. The monoisotopic (exact) mass is 428 g/mol. The third-order valence-corrected chi connectivity index (χ3v) is 7.09. The van der Waals surface area contributed by atoms with E-state index in [2.05, 4.69) is 16.4 Å². The Morgan fingerprint density at radius 1 is 1.27 bits per heavy atom. The molecule has 1 aliphatic carbocycles. The zero-order chi connectivity index (χ0) is 21.8. The average molecular weight is 429 g/mol. The first-order valence-electron chi connectivity index (χ1n) is 10.0. The van der Waals surface area contributed by atoms with E-state index in [4.69, 9.17) is 17.3 Å². The number of carbonyl (C=O) groups is 1. The van der Waals surface area contributed by atoms with Crippen LogP contribution < -0.4 is 11.1 Å². The van der Waals surface area contributed by atoms with Crippen molar-refractivity contribution in [2.75, 3.05) is 12.4 Å². The van der Waals surface area contributed by atoms with Crippen LogP contribution in [0.1, 0.15) is 49.9 Å². The lowest BCUT2D eigenvalue weighted by atomic mass is 9.67. The van der Waals surface area contributed by atoms with Gasteiger partial charge in [-0.1, -0.05) is 23.7 Å². The van der Waals surface area contributed by atoms with Crippen LogP contribution in [0.25, 0.3) is 0 Å². The highest BCUT2D eigenvalue weighted by Crippen LogP contribution is 2.48. The molecule has 4 rings (SSSR count). The van der Waals surface area contributed by atoms with Crippen LogP contribution in [0.15, 0.2) is 41.4 Å². The molecule has 0 radical (unpaired) electrons. The molecule has 1 heterocycles. The predicted molar refractivity (Wildman–Crippen MR) is 118 cm³/mol. The Bertz CT molecular complexity index is 1070. The van der Waals surface area contributed by atoms with E-state index in [-0.39, 0.29) is 17.9 Å². The van der Waals surface area contributed by atoms with Crippen LogP contribution in [0.2, 0.25) is 5.02 Å². The van der Waals surface area contributed by atoms with E-state index >= 15 is 4.39 Å². The number of carbonyl (C=O) groups excluding carboxylic acids is 1. The number of anilines is 1. The number of hydrogen-bond acceptors (Lipinski definition) is 4. The summed E-state index contributed by atoms with van der Waals surface area (Å²) in [5.41, 5.74) is 7.28. The van der Waals surface area contributed by atoms with Gasteiger partial charge in [-0.05, 0) is 69.0 Å². The highest BCUT2D eigenvalue weighted by molar-refractivity contribution is 6.31. The molecule has 1 amide bonds. The molecule has 1 aliphatic heterocycles. The molecule has 0 bridgehead atoms. The molecule has 2 unspecified atom stereocenters. The quantitative estimate of drug-likeness (QED) is 0.750. The minimum Gasteiger partial charge on any atom is -0.378 e. The number of nitrogens with two attached hydrogens (primary N) is 1. The van der Waals surface area contributed by atoms with E-state index in [0.29, 0.717) is 5.56 Å². The van der Waals surface area contributed by atoms with Gasteiger partial charge in [-0.25, -0.2) is 9.38 Å². The first-order valence-corrected chi connectivity index (χ1v) is 10.4. The van der Waals surface area contributed by atoms with Crippen molar-refractivity contribution in [1.29, 1.82) is 0 Å². The maximum atomic E-state index is 15.0. The van der Waals surface area contributed by atoms with Gasteiger partial charge < -0.3 is 11.1 Å². The van der Waals surface area contributed by atoms with Crippen LogP contribution in [-0.2, 0) is 16.8 Å². The van der Waals surface area contributed by atoms with Crippen LogP contribution in [0.3, 0.4) is 0 Å². The number of benzene rings is 2. The van der Waals surface area contributed by atoms with Crippen molar-refractivity contribution in [1.82, 2.24) is 4.90 Å². The zero-order valence-electron chi connectivity index (χ0n) is 17.6. The van der Waals surface area contributed by atoms with Crippen LogP contribution in [0.4, 0.5) is 10.1 Å². The van der Waals surface area contributed by atoms with E-state index < -0.39 is 16.8 Å². The standard InChI is InChI=1S/C23H26ClFN4O/c1-22(2)20(30)29(4)21(26)28-23(22,3)15-12-14(9-10-17(15)25)27-18-11-8-13-6-5-7-16(24)19(13)18/h5-7,9-10,12,18,27H,8,11H2,1-4H3,(H2,26,28). The van der Waals surface area contributed by atoms with Crippen molar-refractivity contribution in [3.05, 3.63) is 63.9 Å². The number of aliphatic imine (C=N–C) groups is 1. The van der Waals surface area contributed by atoms with E-state index in [0.717, 1.165) is 29.1 Å². The predicted octanol–water partition coefficient (Wildman–Crippen LogP) is 4.61. The fourth-order valence-corrected chi connectivity index (χ4v) is 4.87. The molecule has 158 valence electrons. The molecular formula is C23H26ClFN4O. The summed E-state index contributed by atoms with van der Waals surface area (Å²) in [6, 6.07) is 10.8. The van der Waals surface area contributed by atoms with Gasteiger partial charge in [0.1, 0.15) is 11.4 Å². The van der Waals surface area contributed by atoms with E-state index in [1.54, 1.807) is 40.0 Å². The maximum Gasteiger partial charge on any atom is 0.237 e. The van der Waals surface area contributed by atoms with Crippen molar-refractivity contribution >= 4 is 29.2 Å². The number of rotatable bonds is 3. The van der Waals surface area contributed by atoms with Gasteiger partial charge in [0.2, 0.25) is 5.91 Å². The third-order valence-electron chi connectivity index (χ3n) is 6.76. The van der Waals surface area contributed by atoms with E-state index in [1.165, 1.54) is 16.5 Å². The molecule has 0 saturated heterocycles. The molecule has 0 fully saturated rings. The highest BCUT2D eigenvalue weighted by Gasteiger charge is 2.53. The molecule has 2 aromatic carbocycles. The van der Waals surface area contributed by atoms with Gasteiger partial charge in [0.25, 0.3) is 0 Å². The molecule has 0 aromatic heterocycles. The minimum atomic E-state index is -1.15. The van der Waals surface area contributed by atoms with Crippen LogP contribution in [0, 0.1) is 11.2 Å². The molecule has 2 aromatic rings. The Labute approximate surface area is 181 Å². The number of nitrogens with zero attached hydrogens (tertiary/aromatic N) is 2. The Balaban J connectivity index is 1.75. The second kappa shape index (κ2) is 6.98. The topological polar surface area (TPSA) is 70.7 Å². The van der Waals surface area contributed by atoms with Crippen molar-refractivity contribution in [2.45, 2.75) is 45.2 Å². The van der Waals surface area contributed by atoms with Gasteiger partial charge in [-0.3, -0.25) is 9.69 Å². The maximum absolute atomic E-state index is 15.0. The Hall–Kier alpha value is -2.60. The number of hydrogen-bond donors (Lipinski definition) is 2. The van der Waals surface area contributed by atoms with Crippen molar-refractivity contribution < 1.29 is 9.18 Å². The van der Waals surface area contributed by atoms with Gasteiger partial charge in [0.15, 0.2) is 5.96 Å². The van der Waals surface area contributed by atoms with Crippen molar-refractivity contribution in [3.8, 4) is 0 Å². The number of guanidine groups is 1. The van der Waals surface area contributed by atoms with Gasteiger partial charge in [-0.15, -0.1) is 0 Å². The summed E-state index contributed by atoms with van der Waals surface area (Å²) in [7, 11) is 1.58. The van der Waals surface area contributed by atoms with E-state index in [1.807, 2.05) is 12.1 Å². The normalized spacial score (nSPS) is 25.1. The lowest BCUT2D eigenvalue weighted by molar-refractivity contribution is -0.140. The fraction of sp³-hybridized carbons (Fsp3) is 0.391. The van der Waals surface area contributed by atoms with Gasteiger partial charge >= 0.3 is 0 Å². The summed E-state index contributed by atoms with van der Waals surface area (Å²) in [5, 5.41) is 4.23. The second-order valence-electron chi connectivity index (χ2n) is 8.77. The summed E-state index contributed by atoms with van der Waals surface area (Å²) in [6.45, 7) is 5.30. The summed E-state index contributed by atoms with van der Waals surface area (Å²) in [5.74, 6) is -0.544. The molecule has 3 N–H and O–H groups in total. The third kappa shape index (κ3) is 2.97. The Morgan fingerprint density at radius 2 is 2.00 bits per heavy atom. The van der Waals surface area contributed by atoms with Crippen molar-refractivity contribution in [2.24, 2.45) is 16.1 Å². The smallest absolute Gasteiger partial charge is 0.237 e. The highest BCUT2D eigenvalue weighted by atomic mass is 35.5. The molecule has 0 spiro atoms. The number of fused-ring (bicyclic) bond motifs is 1. The summed E-state index contributed by atoms with van der Waals surface area (Å²) in [6.07, 6.45) is 1.84. The van der Waals surface area contributed by atoms with Crippen molar-refractivity contribution in [3.63, 3.8) is 0 Å². The molecule has 5 nitrogen and oxygen atoms in total. The second-order valence-corrected chi connectivity index (χ2v) is 9.18. The molecule has 0 saturated carbocycles. The molecule has 2 atom stereocenters. The van der Waals surface area contributed by atoms with Crippen LogP contribution >= 0.6 is 11.6 Å². The van der Waals surface area contributed by atoms with Crippen LogP contribution in [0.5, 0.6) is 0 Å². The first-order chi connectivity index (χ1) is 14.1.